The third kappa shape index (κ3) is 3.13. The highest BCUT2D eigenvalue weighted by Crippen LogP contribution is 2.49. The Morgan fingerprint density at radius 2 is 2.18 bits per heavy atom. The number of nitrogens with zero attached hydrogens (tertiary/aromatic N) is 1. The highest BCUT2D eigenvalue weighted by molar-refractivity contribution is 6.35. The quantitative estimate of drug-likeness (QED) is 0.911. The Labute approximate surface area is 138 Å². The number of benzene rings is 1. The Bertz CT molecular complexity index is 727. The maximum Gasteiger partial charge on any atom is 0.289 e. The lowest BCUT2D eigenvalue weighted by atomic mass is 10.1. The molecule has 6 heteroatoms. The molecule has 1 N–H and O–H groups in total. The van der Waals surface area contributed by atoms with Crippen LogP contribution in [0.5, 0.6) is 0 Å². The fourth-order valence-electron chi connectivity index (χ4n) is 2.70. The molecule has 2 aromatic rings. The van der Waals surface area contributed by atoms with Crippen LogP contribution < -0.4 is 5.32 Å². The number of aromatic nitrogens is 1. The van der Waals surface area contributed by atoms with Crippen molar-refractivity contribution < 1.29 is 9.21 Å². The van der Waals surface area contributed by atoms with Gasteiger partial charge in [0.05, 0.1) is 5.69 Å². The average molecular weight is 339 g/mol. The normalized spacial score (nSPS) is 20.0. The van der Waals surface area contributed by atoms with E-state index in [4.69, 9.17) is 27.6 Å². The van der Waals surface area contributed by atoms with Crippen molar-refractivity contribution in [2.45, 2.75) is 26.2 Å². The molecule has 1 aliphatic rings. The predicted octanol–water partition coefficient (Wildman–Crippen LogP) is 4.13. The minimum absolute atomic E-state index is 0.217. The summed E-state index contributed by atoms with van der Waals surface area (Å²) >= 11 is 12.1. The van der Waals surface area contributed by atoms with Crippen LogP contribution >= 0.6 is 23.2 Å². The Morgan fingerprint density at radius 1 is 1.41 bits per heavy atom. The maximum atomic E-state index is 12.1. The zero-order valence-electron chi connectivity index (χ0n) is 12.3. The number of aryl methyl sites for hydroxylation is 2. The molecule has 2 atom stereocenters. The number of halogens is 2. The van der Waals surface area contributed by atoms with Crippen molar-refractivity contribution in [3.63, 3.8) is 0 Å². The monoisotopic (exact) mass is 338 g/mol. The van der Waals surface area contributed by atoms with Crippen molar-refractivity contribution in [3.8, 4) is 0 Å². The standard InChI is InChI=1S/C16H16Cl2N2O2/c1-8-15(22-9(2)20-8)16(21)19-7-10-5-13(10)12-4-3-11(17)6-14(12)18/h3-4,6,10,13H,5,7H2,1-2H3,(H,19,21)/t10-,13+/m0/s1. The zero-order chi connectivity index (χ0) is 15.9. The minimum atomic E-state index is -0.217. The number of hydrogen-bond acceptors (Lipinski definition) is 3. The van der Waals surface area contributed by atoms with E-state index >= 15 is 0 Å². The summed E-state index contributed by atoms with van der Waals surface area (Å²) in [6.07, 6.45) is 1.01. The van der Waals surface area contributed by atoms with Gasteiger partial charge in [0.2, 0.25) is 5.76 Å². The van der Waals surface area contributed by atoms with Gasteiger partial charge in [-0.25, -0.2) is 4.98 Å². The van der Waals surface area contributed by atoms with Gasteiger partial charge in [-0.05, 0) is 42.9 Å². The number of amides is 1. The van der Waals surface area contributed by atoms with E-state index in [0.717, 1.165) is 12.0 Å². The van der Waals surface area contributed by atoms with E-state index in [9.17, 15) is 4.79 Å². The van der Waals surface area contributed by atoms with Crippen LogP contribution in [0.4, 0.5) is 0 Å². The summed E-state index contributed by atoms with van der Waals surface area (Å²) in [5.41, 5.74) is 1.71. The predicted molar refractivity (Wildman–Crippen MR) is 85.6 cm³/mol. The van der Waals surface area contributed by atoms with Gasteiger partial charge in [-0.1, -0.05) is 29.3 Å². The van der Waals surface area contributed by atoms with Crippen LogP contribution in [0.3, 0.4) is 0 Å². The summed E-state index contributed by atoms with van der Waals surface area (Å²) in [5, 5.41) is 4.23. The van der Waals surface area contributed by atoms with Gasteiger partial charge in [0.1, 0.15) is 0 Å². The Kier molecular flexibility index (Phi) is 4.15. The highest BCUT2D eigenvalue weighted by Gasteiger charge is 2.39. The molecule has 3 rings (SSSR count). The molecule has 1 saturated carbocycles. The molecule has 116 valence electrons. The molecule has 1 fully saturated rings. The number of carbonyl (C=O) groups excluding carboxylic acids is 1. The summed E-state index contributed by atoms with van der Waals surface area (Å²) in [5.74, 6) is 1.35. The van der Waals surface area contributed by atoms with Crippen LogP contribution in [0.25, 0.3) is 0 Å². The van der Waals surface area contributed by atoms with Crippen LogP contribution in [-0.2, 0) is 0 Å². The molecule has 1 aliphatic carbocycles. The van der Waals surface area contributed by atoms with Gasteiger partial charge in [0.25, 0.3) is 5.91 Å². The summed E-state index contributed by atoms with van der Waals surface area (Å²) < 4.78 is 5.31. The number of carbonyl (C=O) groups is 1. The largest absolute Gasteiger partial charge is 0.436 e. The molecular formula is C16H16Cl2N2O2. The molecule has 4 nitrogen and oxygen atoms in total. The van der Waals surface area contributed by atoms with Crippen molar-refractivity contribution >= 4 is 29.1 Å². The first-order valence-corrected chi connectivity index (χ1v) is 7.88. The number of nitrogens with one attached hydrogen (secondary N) is 1. The van der Waals surface area contributed by atoms with E-state index in [1.165, 1.54) is 0 Å². The van der Waals surface area contributed by atoms with Gasteiger partial charge in [-0.15, -0.1) is 0 Å². The second kappa shape index (κ2) is 5.94. The smallest absolute Gasteiger partial charge is 0.289 e. The van der Waals surface area contributed by atoms with Gasteiger partial charge in [-0.3, -0.25) is 4.79 Å². The van der Waals surface area contributed by atoms with Crippen LogP contribution in [0.1, 0.15) is 40.0 Å². The lowest BCUT2D eigenvalue weighted by Crippen LogP contribution is -2.26. The van der Waals surface area contributed by atoms with E-state index in [0.29, 0.717) is 45.8 Å². The molecule has 1 aromatic heterocycles. The average Bonchev–Trinajstić information content (AvgIpc) is 3.13. The molecule has 0 saturated heterocycles. The lowest BCUT2D eigenvalue weighted by Gasteiger charge is -2.05. The van der Waals surface area contributed by atoms with Crippen LogP contribution in [0.15, 0.2) is 22.6 Å². The first kappa shape index (κ1) is 15.4. The summed E-state index contributed by atoms with van der Waals surface area (Å²) in [4.78, 5) is 16.2. The van der Waals surface area contributed by atoms with E-state index in [2.05, 4.69) is 10.3 Å². The Balaban J connectivity index is 1.58. The first-order chi connectivity index (χ1) is 10.5. The van der Waals surface area contributed by atoms with Crippen molar-refractivity contribution in [2.75, 3.05) is 6.54 Å². The zero-order valence-corrected chi connectivity index (χ0v) is 13.8. The second-order valence-corrected chi connectivity index (χ2v) is 6.47. The molecule has 1 aromatic carbocycles. The summed E-state index contributed by atoms with van der Waals surface area (Å²) in [6.45, 7) is 4.09. The molecule has 0 spiro atoms. The third-order valence-corrected chi connectivity index (χ3v) is 4.48. The van der Waals surface area contributed by atoms with Crippen molar-refractivity contribution in [2.24, 2.45) is 5.92 Å². The molecule has 1 heterocycles. The topological polar surface area (TPSA) is 55.1 Å². The number of hydrogen-bond donors (Lipinski definition) is 1. The van der Waals surface area contributed by atoms with Gasteiger partial charge in [0, 0.05) is 23.5 Å². The van der Waals surface area contributed by atoms with E-state index in [1.807, 2.05) is 12.1 Å². The molecule has 0 aliphatic heterocycles. The minimum Gasteiger partial charge on any atom is -0.436 e. The number of rotatable bonds is 4. The Hall–Kier alpha value is -1.52. The Morgan fingerprint density at radius 3 is 2.82 bits per heavy atom. The second-order valence-electron chi connectivity index (χ2n) is 5.63. The lowest BCUT2D eigenvalue weighted by molar-refractivity contribution is 0.0921. The summed E-state index contributed by atoms with van der Waals surface area (Å²) in [7, 11) is 0. The van der Waals surface area contributed by atoms with E-state index in [1.54, 1.807) is 19.9 Å². The summed E-state index contributed by atoms with van der Waals surface area (Å²) in [6, 6.07) is 5.56. The molecule has 22 heavy (non-hydrogen) atoms. The van der Waals surface area contributed by atoms with Crippen molar-refractivity contribution in [3.05, 3.63) is 51.2 Å². The molecule has 1 amide bonds. The van der Waals surface area contributed by atoms with Crippen molar-refractivity contribution in [1.29, 1.82) is 0 Å². The third-order valence-electron chi connectivity index (χ3n) is 3.92. The fraction of sp³-hybridized carbons (Fsp3) is 0.375. The van der Waals surface area contributed by atoms with Gasteiger partial charge in [0.15, 0.2) is 5.89 Å². The highest BCUT2D eigenvalue weighted by atomic mass is 35.5. The molecule has 0 radical (unpaired) electrons. The van der Waals surface area contributed by atoms with E-state index in [-0.39, 0.29) is 5.91 Å². The molecular weight excluding hydrogens is 323 g/mol. The number of oxazole rings is 1. The first-order valence-electron chi connectivity index (χ1n) is 7.13. The van der Waals surface area contributed by atoms with E-state index < -0.39 is 0 Å². The van der Waals surface area contributed by atoms with Crippen molar-refractivity contribution in [1.82, 2.24) is 10.3 Å². The fourth-order valence-corrected chi connectivity index (χ4v) is 3.25. The van der Waals surface area contributed by atoms with Gasteiger partial charge in [-0.2, -0.15) is 0 Å². The maximum absolute atomic E-state index is 12.1. The van der Waals surface area contributed by atoms with Crippen LogP contribution in [-0.4, -0.2) is 17.4 Å². The van der Waals surface area contributed by atoms with Crippen LogP contribution in [0, 0.1) is 19.8 Å². The molecule has 0 unspecified atom stereocenters. The van der Waals surface area contributed by atoms with Gasteiger partial charge >= 0.3 is 0 Å². The SMILES string of the molecule is Cc1nc(C)c(C(=O)NC[C@@H]2C[C@H]2c2ccc(Cl)cc2Cl)o1. The van der Waals surface area contributed by atoms with Crippen LogP contribution in [0.2, 0.25) is 10.0 Å². The van der Waals surface area contributed by atoms with Gasteiger partial charge < -0.3 is 9.73 Å². The molecule has 0 bridgehead atoms.